The Hall–Kier alpha value is -2.77. The fraction of sp³-hybridized carbons (Fsp3) is 0.517. The first-order valence-corrected chi connectivity index (χ1v) is 13.2. The number of anilines is 1. The summed E-state index contributed by atoms with van der Waals surface area (Å²) in [7, 11) is 0. The van der Waals surface area contributed by atoms with Crippen molar-refractivity contribution in [3.63, 3.8) is 0 Å². The van der Waals surface area contributed by atoms with E-state index in [2.05, 4.69) is 15.1 Å². The fourth-order valence-electron chi connectivity index (χ4n) is 5.27. The molecular formula is C29H39FN4O2. The van der Waals surface area contributed by atoms with Crippen LogP contribution in [-0.4, -0.2) is 71.8 Å². The summed E-state index contributed by atoms with van der Waals surface area (Å²) in [5, 5.41) is 3.04. The van der Waals surface area contributed by atoms with Crippen LogP contribution >= 0.6 is 0 Å². The van der Waals surface area contributed by atoms with Gasteiger partial charge in [-0.3, -0.25) is 19.4 Å². The van der Waals surface area contributed by atoms with E-state index >= 15 is 0 Å². The van der Waals surface area contributed by atoms with Crippen LogP contribution < -0.4 is 5.32 Å². The third-order valence-electron chi connectivity index (χ3n) is 7.67. The molecule has 0 spiro atoms. The second-order valence-electron chi connectivity index (χ2n) is 10.3. The second kappa shape index (κ2) is 12.5. The van der Waals surface area contributed by atoms with Crippen molar-refractivity contribution in [3.05, 3.63) is 65.0 Å². The van der Waals surface area contributed by atoms with Crippen LogP contribution in [0, 0.1) is 19.7 Å². The molecule has 2 amide bonds. The molecule has 2 aromatic carbocycles. The topological polar surface area (TPSA) is 55.9 Å². The summed E-state index contributed by atoms with van der Waals surface area (Å²) in [5.74, 6) is -0.113. The lowest BCUT2D eigenvalue weighted by molar-refractivity contribution is -0.136. The molecule has 4 rings (SSSR count). The summed E-state index contributed by atoms with van der Waals surface area (Å²) in [4.78, 5) is 32.4. The molecule has 1 N–H and O–H groups in total. The van der Waals surface area contributed by atoms with Gasteiger partial charge in [-0.15, -0.1) is 0 Å². The first kappa shape index (κ1) is 26.3. The fourth-order valence-corrected chi connectivity index (χ4v) is 5.27. The lowest BCUT2D eigenvalue weighted by Gasteiger charge is -2.38. The van der Waals surface area contributed by atoms with Crippen molar-refractivity contribution in [2.75, 3.05) is 44.6 Å². The molecule has 0 unspecified atom stereocenters. The van der Waals surface area contributed by atoms with Gasteiger partial charge in [0.15, 0.2) is 0 Å². The van der Waals surface area contributed by atoms with Gasteiger partial charge in [0.05, 0.1) is 13.1 Å². The number of rotatable bonds is 8. The van der Waals surface area contributed by atoms with Crippen molar-refractivity contribution >= 4 is 17.5 Å². The smallest absolute Gasteiger partial charge is 0.238 e. The molecular weight excluding hydrogens is 455 g/mol. The predicted octanol–water partition coefficient (Wildman–Crippen LogP) is 4.36. The molecule has 1 aliphatic carbocycles. The van der Waals surface area contributed by atoms with Crippen molar-refractivity contribution < 1.29 is 14.0 Å². The zero-order valence-electron chi connectivity index (χ0n) is 21.6. The summed E-state index contributed by atoms with van der Waals surface area (Å²) >= 11 is 0. The Kier molecular flexibility index (Phi) is 9.10. The summed E-state index contributed by atoms with van der Waals surface area (Å²) < 4.78 is 13.4. The number of piperazine rings is 1. The summed E-state index contributed by atoms with van der Waals surface area (Å²) in [5.41, 5.74) is 4.09. The van der Waals surface area contributed by atoms with Crippen LogP contribution in [0.1, 0.15) is 48.8 Å². The molecule has 1 saturated heterocycles. The maximum Gasteiger partial charge on any atom is 0.238 e. The highest BCUT2D eigenvalue weighted by Gasteiger charge is 2.28. The van der Waals surface area contributed by atoms with Crippen molar-refractivity contribution in [2.45, 2.75) is 58.5 Å². The van der Waals surface area contributed by atoms with Gasteiger partial charge in [0.1, 0.15) is 5.82 Å². The van der Waals surface area contributed by atoms with Gasteiger partial charge in [0.2, 0.25) is 11.8 Å². The molecule has 2 aromatic rings. The average Bonchev–Trinajstić information content (AvgIpc) is 2.88. The Balaban J connectivity index is 1.28. The molecule has 1 aliphatic heterocycles. The number of carbonyl (C=O) groups is 2. The Morgan fingerprint density at radius 2 is 1.56 bits per heavy atom. The normalized spacial score (nSPS) is 17.6. The van der Waals surface area contributed by atoms with Crippen LogP contribution in [0.5, 0.6) is 0 Å². The van der Waals surface area contributed by atoms with Crippen molar-refractivity contribution in [1.29, 1.82) is 0 Å². The molecule has 0 atom stereocenters. The molecule has 36 heavy (non-hydrogen) atoms. The van der Waals surface area contributed by atoms with Gasteiger partial charge in [0.25, 0.3) is 0 Å². The van der Waals surface area contributed by atoms with E-state index in [0.717, 1.165) is 74.2 Å². The lowest BCUT2D eigenvalue weighted by atomic mass is 9.93. The molecule has 194 valence electrons. The van der Waals surface area contributed by atoms with Crippen LogP contribution in [0.15, 0.2) is 42.5 Å². The average molecular weight is 495 g/mol. The van der Waals surface area contributed by atoms with E-state index in [1.54, 1.807) is 12.1 Å². The number of carbonyl (C=O) groups excluding carboxylic acids is 2. The summed E-state index contributed by atoms with van der Waals surface area (Å²) in [6, 6.07) is 12.7. The zero-order chi connectivity index (χ0) is 25.5. The molecule has 1 heterocycles. The molecule has 2 aliphatic rings. The Morgan fingerprint density at radius 3 is 2.22 bits per heavy atom. The van der Waals surface area contributed by atoms with Crippen LogP contribution in [0.4, 0.5) is 10.1 Å². The Morgan fingerprint density at radius 1 is 0.917 bits per heavy atom. The van der Waals surface area contributed by atoms with Crippen LogP contribution in [-0.2, 0) is 16.1 Å². The van der Waals surface area contributed by atoms with E-state index in [4.69, 9.17) is 0 Å². The first-order chi connectivity index (χ1) is 17.4. The van der Waals surface area contributed by atoms with E-state index in [0.29, 0.717) is 19.6 Å². The molecule has 1 saturated carbocycles. The molecule has 7 heteroatoms. The van der Waals surface area contributed by atoms with Gasteiger partial charge in [-0.05, 0) is 61.6 Å². The number of hydrogen-bond donors (Lipinski definition) is 1. The molecule has 0 aromatic heterocycles. The molecule has 2 fully saturated rings. The van der Waals surface area contributed by atoms with E-state index in [-0.39, 0.29) is 23.7 Å². The highest BCUT2D eigenvalue weighted by molar-refractivity contribution is 5.93. The van der Waals surface area contributed by atoms with E-state index in [9.17, 15) is 14.0 Å². The van der Waals surface area contributed by atoms with Gasteiger partial charge in [-0.2, -0.15) is 0 Å². The number of halogens is 1. The van der Waals surface area contributed by atoms with Crippen LogP contribution in [0.2, 0.25) is 0 Å². The van der Waals surface area contributed by atoms with Gasteiger partial charge in [0, 0.05) is 44.5 Å². The number of aryl methyl sites for hydroxylation is 1. The van der Waals surface area contributed by atoms with Crippen LogP contribution in [0.3, 0.4) is 0 Å². The Bertz CT molecular complexity index is 1030. The molecule has 6 nitrogen and oxygen atoms in total. The minimum atomic E-state index is -0.255. The molecule has 0 radical (unpaired) electrons. The van der Waals surface area contributed by atoms with Gasteiger partial charge in [-0.1, -0.05) is 43.5 Å². The SMILES string of the molecule is Cc1cccc(NC(=O)CN2CCN(CC(=O)N(Cc3ccc(F)cc3)C3CCCCC3)CC2)c1C. The van der Waals surface area contributed by atoms with Gasteiger partial charge >= 0.3 is 0 Å². The van der Waals surface area contributed by atoms with Crippen molar-refractivity contribution in [3.8, 4) is 0 Å². The van der Waals surface area contributed by atoms with Crippen LogP contribution in [0.25, 0.3) is 0 Å². The predicted molar refractivity (Wildman–Crippen MR) is 141 cm³/mol. The van der Waals surface area contributed by atoms with Crippen molar-refractivity contribution in [2.24, 2.45) is 0 Å². The second-order valence-corrected chi connectivity index (χ2v) is 10.3. The summed E-state index contributed by atoms with van der Waals surface area (Å²) in [6.45, 7) is 8.38. The van der Waals surface area contributed by atoms with E-state index in [1.807, 2.05) is 36.9 Å². The van der Waals surface area contributed by atoms with Crippen molar-refractivity contribution in [1.82, 2.24) is 14.7 Å². The first-order valence-electron chi connectivity index (χ1n) is 13.2. The summed E-state index contributed by atoms with van der Waals surface area (Å²) in [6.07, 6.45) is 5.61. The van der Waals surface area contributed by atoms with E-state index in [1.165, 1.54) is 18.6 Å². The maximum atomic E-state index is 13.4. The Labute approximate surface area is 214 Å². The number of nitrogens with one attached hydrogen (secondary N) is 1. The monoisotopic (exact) mass is 494 g/mol. The number of amides is 2. The molecule has 0 bridgehead atoms. The third kappa shape index (κ3) is 7.14. The quantitative estimate of drug-likeness (QED) is 0.593. The maximum absolute atomic E-state index is 13.4. The van der Waals surface area contributed by atoms with Gasteiger partial charge < -0.3 is 10.2 Å². The lowest BCUT2D eigenvalue weighted by Crippen LogP contribution is -2.52. The highest BCUT2D eigenvalue weighted by Crippen LogP contribution is 2.25. The van der Waals surface area contributed by atoms with E-state index < -0.39 is 0 Å². The number of benzene rings is 2. The highest BCUT2D eigenvalue weighted by atomic mass is 19.1. The minimum absolute atomic E-state index is 0.00371. The number of hydrogen-bond acceptors (Lipinski definition) is 4. The minimum Gasteiger partial charge on any atom is -0.334 e. The number of nitrogens with zero attached hydrogens (tertiary/aromatic N) is 3. The largest absolute Gasteiger partial charge is 0.334 e. The standard InChI is InChI=1S/C29H39FN4O2/c1-22-7-6-10-27(23(22)2)31-28(35)20-32-15-17-33(18-16-32)21-29(36)34(26-8-4-3-5-9-26)19-24-11-13-25(30)14-12-24/h6-7,10-14,26H,3-5,8-9,15-21H2,1-2H3,(H,31,35). The third-order valence-corrected chi connectivity index (χ3v) is 7.67. The van der Waals surface area contributed by atoms with Gasteiger partial charge in [-0.25, -0.2) is 4.39 Å². The zero-order valence-corrected chi connectivity index (χ0v) is 21.6.